The van der Waals surface area contributed by atoms with Crippen LogP contribution in [-0.4, -0.2) is 14.8 Å². The number of rotatable bonds is 7. The van der Waals surface area contributed by atoms with Crippen LogP contribution in [0.5, 0.6) is 0 Å². The van der Waals surface area contributed by atoms with Crippen molar-refractivity contribution < 1.29 is 0 Å². The lowest BCUT2D eigenvalue weighted by atomic mass is 9.86. The zero-order chi connectivity index (χ0) is 27.0. The zero-order valence-electron chi connectivity index (χ0n) is 24.2. The lowest BCUT2D eigenvalue weighted by Crippen LogP contribution is -2.23. The van der Waals surface area contributed by atoms with Crippen LogP contribution < -0.4 is 0 Å². The lowest BCUT2D eigenvalue weighted by Gasteiger charge is -2.25. The van der Waals surface area contributed by atoms with Gasteiger partial charge in [0.15, 0.2) is 5.82 Å². The van der Waals surface area contributed by atoms with E-state index in [0.29, 0.717) is 5.92 Å². The normalized spacial score (nSPS) is 12.4. The van der Waals surface area contributed by atoms with E-state index in [9.17, 15) is 0 Å². The molecule has 0 unspecified atom stereocenters. The van der Waals surface area contributed by atoms with Crippen LogP contribution in [0.15, 0.2) is 66.7 Å². The third kappa shape index (κ3) is 5.56. The Hall–Kier alpha value is -3.20. The molecule has 1 aromatic heterocycles. The number of aromatic nitrogens is 3. The van der Waals surface area contributed by atoms with E-state index in [0.717, 1.165) is 35.7 Å². The molecule has 0 N–H and O–H groups in total. The first-order valence-electron chi connectivity index (χ1n) is 13.7. The van der Waals surface area contributed by atoms with E-state index >= 15 is 0 Å². The largest absolute Gasteiger partial charge is 0.278 e. The van der Waals surface area contributed by atoms with E-state index in [1.54, 1.807) is 0 Å². The first kappa shape index (κ1) is 26.9. The topological polar surface area (TPSA) is 30.7 Å². The summed E-state index contributed by atoms with van der Waals surface area (Å²) >= 11 is 0. The van der Waals surface area contributed by atoms with Crippen LogP contribution in [0, 0.1) is 6.92 Å². The molecular weight excluding hydrogens is 450 g/mol. The molecule has 0 amide bonds. The van der Waals surface area contributed by atoms with Gasteiger partial charge in [-0.15, -0.1) is 10.2 Å². The molecule has 0 aliphatic carbocycles. The van der Waals surface area contributed by atoms with E-state index in [1.165, 1.54) is 27.8 Å². The van der Waals surface area contributed by atoms with E-state index in [4.69, 9.17) is 10.2 Å². The van der Waals surface area contributed by atoms with Gasteiger partial charge in [-0.25, -0.2) is 0 Å². The van der Waals surface area contributed by atoms with Crippen LogP contribution >= 0.6 is 0 Å². The second-order valence-electron chi connectivity index (χ2n) is 12.4. The van der Waals surface area contributed by atoms with E-state index in [-0.39, 0.29) is 10.8 Å². The van der Waals surface area contributed by atoms with Crippen molar-refractivity contribution in [2.24, 2.45) is 0 Å². The molecule has 0 fully saturated rings. The minimum Gasteiger partial charge on any atom is -0.278 e. The van der Waals surface area contributed by atoms with Gasteiger partial charge in [0.25, 0.3) is 0 Å². The van der Waals surface area contributed by atoms with Crippen molar-refractivity contribution in [2.75, 3.05) is 0 Å². The van der Waals surface area contributed by atoms with Gasteiger partial charge in [0.1, 0.15) is 5.82 Å². The van der Waals surface area contributed by atoms with Crippen molar-refractivity contribution in [1.29, 1.82) is 0 Å². The smallest absolute Gasteiger partial charge is 0.168 e. The molecule has 3 aromatic carbocycles. The number of benzene rings is 3. The molecule has 37 heavy (non-hydrogen) atoms. The van der Waals surface area contributed by atoms with Gasteiger partial charge in [0.2, 0.25) is 0 Å². The van der Waals surface area contributed by atoms with Crippen molar-refractivity contribution in [3.63, 3.8) is 0 Å². The Morgan fingerprint density at radius 1 is 0.784 bits per heavy atom. The Morgan fingerprint density at radius 2 is 1.46 bits per heavy atom. The quantitative estimate of drug-likeness (QED) is 0.257. The molecule has 3 nitrogen and oxygen atoms in total. The van der Waals surface area contributed by atoms with Crippen LogP contribution in [0.4, 0.5) is 0 Å². The van der Waals surface area contributed by atoms with Crippen LogP contribution in [0.25, 0.3) is 28.2 Å². The highest BCUT2D eigenvalue weighted by Crippen LogP contribution is 2.35. The minimum absolute atomic E-state index is 0.0937. The molecule has 194 valence electrons. The van der Waals surface area contributed by atoms with Crippen molar-refractivity contribution in [1.82, 2.24) is 14.8 Å². The monoisotopic (exact) mass is 493 g/mol. The average molecular weight is 494 g/mol. The van der Waals surface area contributed by atoms with Crippen molar-refractivity contribution >= 4 is 0 Å². The SMILES string of the molecule is CCCC(C)(C)c1nnc(-c2cccc(C(C)C)c2)n1-c1ccc(-c2ccc(C(C)(C)C)cc2)cc1C. The highest BCUT2D eigenvalue weighted by Gasteiger charge is 2.29. The molecule has 0 spiro atoms. The molecule has 0 bridgehead atoms. The summed E-state index contributed by atoms with van der Waals surface area (Å²) in [6.07, 6.45) is 2.15. The summed E-state index contributed by atoms with van der Waals surface area (Å²) in [6, 6.07) is 24.5. The second kappa shape index (κ2) is 10.3. The lowest BCUT2D eigenvalue weighted by molar-refractivity contribution is 0.437. The molecule has 0 atom stereocenters. The van der Waals surface area contributed by atoms with Gasteiger partial charge < -0.3 is 0 Å². The summed E-state index contributed by atoms with van der Waals surface area (Å²) in [6.45, 7) is 20.2. The number of hydrogen-bond acceptors (Lipinski definition) is 2. The molecule has 0 saturated carbocycles. The van der Waals surface area contributed by atoms with Crippen molar-refractivity contribution in [3.05, 3.63) is 89.2 Å². The summed E-state index contributed by atoms with van der Waals surface area (Å²) in [4.78, 5) is 0. The average Bonchev–Trinajstić information content (AvgIpc) is 3.29. The molecule has 0 saturated heterocycles. The predicted molar refractivity (Wildman–Crippen MR) is 158 cm³/mol. The molecular formula is C34H43N3. The van der Waals surface area contributed by atoms with Gasteiger partial charge in [-0.3, -0.25) is 4.57 Å². The molecule has 4 aromatic rings. The highest BCUT2D eigenvalue weighted by molar-refractivity contribution is 5.68. The predicted octanol–water partition coefficient (Wildman–Crippen LogP) is 9.41. The standard InChI is InChI=1S/C34H43N3/c1-10-20-34(8,9)32-36-35-31(28-13-11-12-26(22-28)23(2)3)37(32)30-19-16-27(21-24(30)4)25-14-17-29(18-15-25)33(5,6)7/h11-19,21-23H,10,20H2,1-9H3. The summed E-state index contributed by atoms with van der Waals surface area (Å²) in [5.41, 5.74) is 8.66. The molecule has 0 aliphatic rings. The maximum absolute atomic E-state index is 4.80. The Bertz CT molecular complexity index is 1370. The Balaban J connectivity index is 1.85. The molecule has 0 aliphatic heterocycles. The fourth-order valence-corrected chi connectivity index (χ4v) is 5.16. The van der Waals surface area contributed by atoms with Gasteiger partial charge in [0.05, 0.1) is 5.69 Å². The summed E-state index contributed by atoms with van der Waals surface area (Å²) in [7, 11) is 0. The second-order valence-corrected chi connectivity index (χ2v) is 12.4. The maximum Gasteiger partial charge on any atom is 0.168 e. The minimum atomic E-state index is -0.0937. The first-order chi connectivity index (χ1) is 17.4. The number of nitrogens with zero attached hydrogens (tertiary/aromatic N) is 3. The fourth-order valence-electron chi connectivity index (χ4n) is 5.16. The molecule has 1 heterocycles. The number of hydrogen-bond donors (Lipinski definition) is 0. The van der Waals surface area contributed by atoms with Crippen molar-refractivity contribution in [3.8, 4) is 28.2 Å². The van der Waals surface area contributed by atoms with Crippen LogP contribution in [0.2, 0.25) is 0 Å². The van der Waals surface area contributed by atoms with Crippen LogP contribution in [0.1, 0.15) is 96.7 Å². The van der Waals surface area contributed by atoms with Gasteiger partial charge in [-0.2, -0.15) is 0 Å². The van der Waals surface area contributed by atoms with E-state index in [1.807, 2.05) is 0 Å². The highest BCUT2D eigenvalue weighted by atomic mass is 15.3. The summed E-state index contributed by atoms with van der Waals surface area (Å²) < 4.78 is 2.30. The van der Waals surface area contributed by atoms with Crippen LogP contribution in [-0.2, 0) is 10.8 Å². The van der Waals surface area contributed by atoms with Crippen LogP contribution in [0.3, 0.4) is 0 Å². The third-order valence-electron chi connectivity index (χ3n) is 7.48. The van der Waals surface area contributed by atoms with E-state index in [2.05, 4.69) is 134 Å². The maximum atomic E-state index is 4.80. The summed E-state index contributed by atoms with van der Waals surface area (Å²) in [5, 5.41) is 9.58. The Kier molecular flexibility index (Phi) is 7.46. The molecule has 0 radical (unpaired) electrons. The zero-order valence-corrected chi connectivity index (χ0v) is 24.2. The first-order valence-corrected chi connectivity index (χ1v) is 13.7. The molecule has 4 rings (SSSR count). The van der Waals surface area contributed by atoms with Gasteiger partial charge >= 0.3 is 0 Å². The van der Waals surface area contributed by atoms with E-state index < -0.39 is 0 Å². The van der Waals surface area contributed by atoms with Gasteiger partial charge in [0, 0.05) is 11.0 Å². The van der Waals surface area contributed by atoms with Gasteiger partial charge in [-0.1, -0.05) is 110 Å². The van der Waals surface area contributed by atoms with Crippen molar-refractivity contribution in [2.45, 2.75) is 91.9 Å². The summed E-state index contributed by atoms with van der Waals surface area (Å²) in [5.74, 6) is 2.38. The fraction of sp³-hybridized carbons (Fsp3) is 0.412. The Morgan fingerprint density at radius 3 is 2.05 bits per heavy atom. The number of aryl methyl sites for hydroxylation is 1. The Labute approximate surface area is 224 Å². The van der Waals surface area contributed by atoms with Gasteiger partial charge in [-0.05, 0) is 70.7 Å². The molecule has 3 heteroatoms. The third-order valence-corrected chi connectivity index (χ3v) is 7.48.